The number of ether oxygens (including phenoxy) is 2. The fraction of sp³-hybridized carbons (Fsp3) is 0.231. The molecule has 1 aromatic heterocycles. The van der Waals surface area contributed by atoms with Gasteiger partial charge in [-0.3, -0.25) is 4.79 Å². The number of aldehydes is 1. The van der Waals surface area contributed by atoms with Gasteiger partial charge in [0.05, 0.1) is 25.5 Å². The highest BCUT2D eigenvalue weighted by Gasteiger charge is 2.04. The summed E-state index contributed by atoms with van der Waals surface area (Å²) in [5.41, 5.74) is 0.486. The zero-order valence-electron chi connectivity index (χ0n) is 10.1. The monoisotopic (exact) mass is 246 g/mol. The van der Waals surface area contributed by atoms with Gasteiger partial charge in [-0.05, 0) is 18.2 Å². The molecule has 0 amide bonds. The van der Waals surface area contributed by atoms with E-state index in [0.717, 1.165) is 6.29 Å². The van der Waals surface area contributed by atoms with Gasteiger partial charge in [-0.25, -0.2) is 4.98 Å². The Hall–Kier alpha value is -2.30. The molecule has 0 saturated carbocycles. The highest BCUT2D eigenvalue weighted by atomic mass is 16.5. The highest BCUT2D eigenvalue weighted by Crippen LogP contribution is 2.22. The Morgan fingerprint density at radius 2 is 2.33 bits per heavy atom. The summed E-state index contributed by atoms with van der Waals surface area (Å²) in [5, 5.41) is 0. The molecular weight excluding hydrogens is 232 g/mol. The quantitative estimate of drug-likeness (QED) is 0.729. The second kappa shape index (κ2) is 5.86. The lowest BCUT2D eigenvalue weighted by Gasteiger charge is -2.10. The first-order valence-electron chi connectivity index (χ1n) is 5.55. The minimum Gasteiger partial charge on any atom is -0.497 e. The fourth-order valence-electron chi connectivity index (χ4n) is 1.56. The predicted octanol–water partition coefficient (Wildman–Crippen LogP) is 1.78. The average Bonchev–Trinajstić information content (AvgIpc) is 2.92. The first-order chi connectivity index (χ1) is 8.83. The van der Waals surface area contributed by atoms with Crippen LogP contribution < -0.4 is 9.47 Å². The van der Waals surface area contributed by atoms with Crippen LogP contribution >= 0.6 is 0 Å². The zero-order chi connectivity index (χ0) is 12.8. The number of benzene rings is 1. The Bertz CT molecular complexity index is 509. The van der Waals surface area contributed by atoms with Crippen LogP contribution in [0.2, 0.25) is 0 Å². The number of rotatable bonds is 6. The standard InChI is InChI=1S/C13H14N2O3/c1-17-12-2-3-13(11(8-12)9-16)18-7-6-15-5-4-14-10-15/h2-5,8-10H,6-7H2,1H3. The van der Waals surface area contributed by atoms with E-state index in [-0.39, 0.29) is 0 Å². The topological polar surface area (TPSA) is 53.4 Å². The Kier molecular flexibility index (Phi) is 3.96. The van der Waals surface area contributed by atoms with E-state index in [0.29, 0.717) is 30.2 Å². The van der Waals surface area contributed by atoms with E-state index >= 15 is 0 Å². The summed E-state index contributed by atoms with van der Waals surface area (Å²) in [6, 6.07) is 5.15. The summed E-state index contributed by atoms with van der Waals surface area (Å²) in [5.74, 6) is 1.20. The van der Waals surface area contributed by atoms with E-state index in [1.165, 1.54) is 0 Å². The molecule has 94 valence electrons. The second-order valence-corrected chi connectivity index (χ2v) is 3.67. The molecule has 1 heterocycles. The van der Waals surface area contributed by atoms with E-state index in [9.17, 15) is 4.79 Å². The molecule has 1 aromatic carbocycles. The molecule has 0 spiro atoms. The van der Waals surface area contributed by atoms with Gasteiger partial charge in [0, 0.05) is 12.4 Å². The number of imidazole rings is 1. The molecule has 0 fully saturated rings. The molecule has 5 nitrogen and oxygen atoms in total. The summed E-state index contributed by atoms with van der Waals surface area (Å²) >= 11 is 0. The van der Waals surface area contributed by atoms with Crippen LogP contribution in [0.3, 0.4) is 0 Å². The van der Waals surface area contributed by atoms with Crippen molar-refractivity contribution in [2.75, 3.05) is 13.7 Å². The molecule has 0 radical (unpaired) electrons. The van der Waals surface area contributed by atoms with E-state index in [1.54, 1.807) is 37.8 Å². The fourth-order valence-corrected chi connectivity index (χ4v) is 1.56. The maximum absolute atomic E-state index is 10.9. The van der Waals surface area contributed by atoms with Gasteiger partial charge in [-0.2, -0.15) is 0 Å². The molecular formula is C13H14N2O3. The Morgan fingerprint density at radius 1 is 1.44 bits per heavy atom. The van der Waals surface area contributed by atoms with Gasteiger partial charge in [0.1, 0.15) is 18.1 Å². The molecule has 2 rings (SSSR count). The van der Waals surface area contributed by atoms with Crippen LogP contribution in [0.1, 0.15) is 10.4 Å². The number of aromatic nitrogens is 2. The maximum Gasteiger partial charge on any atom is 0.153 e. The number of nitrogens with zero attached hydrogens (tertiary/aromatic N) is 2. The molecule has 0 atom stereocenters. The van der Waals surface area contributed by atoms with Gasteiger partial charge < -0.3 is 14.0 Å². The van der Waals surface area contributed by atoms with E-state index in [1.807, 2.05) is 10.8 Å². The summed E-state index contributed by atoms with van der Waals surface area (Å²) in [4.78, 5) is 14.9. The minimum absolute atomic E-state index is 0.476. The van der Waals surface area contributed by atoms with Crippen molar-refractivity contribution in [2.45, 2.75) is 6.54 Å². The van der Waals surface area contributed by atoms with Crippen LogP contribution in [-0.2, 0) is 6.54 Å². The van der Waals surface area contributed by atoms with Gasteiger partial charge in [-0.1, -0.05) is 0 Å². The molecule has 0 aliphatic rings. The maximum atomic E-state index is 10.9. The van der Waals surface area contributed by atoms with Crippen molar-refractivity contribution in [1.82, 2.24) is 9.55 Å². The third-order valence-corrected chi connectivity index (χ3v) is 2.51. The number of carbonyl (C=O) groups excluding carboxylic acids is 1. The third kappa shape index (κ3) is 2.88. The first-order valence-corrected chi connectivity index (χ1v) is 5.55. The van der Waals surface area contributed by atoms with Crippen LogP contribution in [0.25, 0.3) is 0 Å². The van der Waals surface area contributed by atoms with E-state index < -0.39 is 0 Å². The number of methoxy groups -OCH3 is 1. The molecule has 0 saturated heterocycles. The third-order valence-electron chi connectivity index (χ3n) is 2.51. The normalized spacial score (nSPS) is 10.1. The molecule has 0 bridgehead atoms. The van der Waals surface area contributed by atoms with E-state index in [4.69, 9.17) is 9.47 Å². The van der Waals surface area contributed by atoms with Gasteiger partial charge in [0.25, 0.3) is 0 Å². The molecule has 0 unspecified atom stereocenters. The second-order valence-electron chi connectivity index (χ2n) is 3.67. The van der Waals surface area contributed by atoms with Crippen LogP contribution in [0, 0.1) is 0 Å². The lowest BCUT2D eigenvalue weighted by molar-refractivity contribution is 0.111. The summed E-state index contributed by atoms with van der Waals surface area (Å²) in [6.07, 6.45) is 6.05. The lowest BCUT2D eigenvalue weighted by Crippen LogP contribution is -2.07. The van der Waals surface area contributed by atoms with Gasteiger partial charge >= 0.3 is 0 Å². The minimum atomic E-state index is 0.476. The zero-order valence-corrected chi connectivity index (χ0v) is 10.1. The Morgan fingerprint density at radius 3 is 3.00 bits per heavy atom. The van der Waals surface area contributed by atoms with Crippen LogP contribution in [0.4, 0.5) is 0 Å². The SMILES string of the molecule is COc1ccc(OCCn2ccnc2)c(C=O)c1. The number of hydrogen-bond acceptors (Lipinski definition) is 4. The van der Waals surface area contributed by atoms with Crippen molar-refractivity contribution in [3.8, 4) is 11.5 Å². The van der Waals surface area contributed by atoms with Gasteiger partial charge in [-0.15, -0.1) is 0 Å². The molecule has 5 heteroatoms. The number of carbonyl (C=O) groups is 1. The molecule has 18 heavy (non-hydrogen) atoms. The average molecular weight is 246 g/mol. The summed E-state index contributed by atoms with van der Waals surface area (Å²) < 4.78 is 12.5. The van der Waals surface area contributed by atoms with Crippen molar-refractivity contribution in [1.29, 1.82) is 0 Å². The van der Waals surface area contributed by atoms with Crippen LogP contribution in [-0.4, -0.2) is 29.6 Å². The Balaban J connectivity index is 1.98. The summed E-state index contributed by atoms with van der Waals surface area (Å²) in [6.45, 7) is 1.16. The summed E-state index contributed by atoms with van der Waals surface area (Å²) in [7, 11) is 1.56. The Labute approximate surface area is 105 Å². The van der Waals surface area contributed by atoms with Crippen molar-refractivity contribution in [3.63, 3.8) is 0 Å². The van der Waals surface area contributed by atoms with Crippen LogP contribution in [0.5, 0.6) is 11.5 Å². The predicted molar refractivity (Wildman–Crippen MR) is 66.1 cm³/mol. The molecule has 0 aliphatic carbocycles. The lowest BCUT2D eigenvalue weighted by atomic mass is 10.2. The largest absolute Gasteiger partial charge is 0.497 e. The van der Waals surface area contributed by atoms with Gasteiger partial charge in [0.15, 0.2) is 6.29 Å². The van der Waals surface area contributed by atoms with E-state index in [2.05, 4.69) is 4.98 Å². The van der Waals surface area contributed by atoms with Crippen molar-refractivity contribution < 1.29 is 14.3 Å². The smallest absolute Gasteiger partial charge is 0.153 e. The van der Waals surface area contributed by atoms with Crippen molar-refractivity contribution in [3.05, 3.63) is 42.5 Å². The first kappa shape index (κ1) is 12.2. The van der Waals surface area contributed by atoms with Crippen molar-refractivity contribution in [2.24, 2.45) is 0 Å². The van der Waals surface area contributed by atoms with Crippen molar-refractivity contribution >= 4 is 6.29 Å². The van der Waals surface area contributed by atoms with Crippen LogP contribution in [0.15, 0.2) is 36.9 Å². The molecule has 2 aromatic rings. The number of hydrogen-bond donors (Lipinski definition) is 0. The molecule has 0 N–H and O–H groups in total. The van der Waals surface area contributed by atoms with Gasteiger partial charge in [0.2, 0.25) is 0 Å². The molecule has 0 aliphatic heterocycles. The highest BCUT2D eigenvalue weighted by molar-refractivity contribution is 5.80.